The van der Waals surface area contributed by atoms with E-state index >= 15 is 0 Å². The van der Waals surface area contributed by atoms with Gasteiger partial charge >= 0.3 is 0 Å². The van der Waals surface area contributed by atoms with E-state index in [9.17, 15) is 0 Å². The van der Waals surface area contributed by atoms with Crippen LogP contribution in [-0.4, -0.2) is 22.6 Å². The first-order valence-corrected chi connectivity index (χ1v) is 19.5. The molecule has 0 aromatic heterocycles. The third-order valence-corrected chi connectivity index (χ3v) is 17.0. The van der Waals surface area contributed by atoms with Crippen molar-refractivity contribution in [3.05, 3.63) is 60.7 Å². The van der Waals surface area contributed by atoms with Crippen LogP contribution in [0.3, 0.4) is 0 Å². The van der Waals surface area contributed by atoms with E-state index in [1.807, 2.05) is 0 Å². The maximum Gasteiger partial charge on any atom is -0.0166 e. The maximum absolute atomic E-state index is 2.43. The molecule has 0 saturated heterocycles. The Balaban J connectivity index is 0.000000210. The summed E-state index contributed by atoms with van der Waals surface area (Å²) in [4.78, 5) is 0. The van der Waals surface area contributed by atoms with Gasteiger partial charge in [-0.15, -0.1) is 34.0 Å². The molecular weight excluding hydrogens is 654 g/mol. The molecule has 224 valence electrons. The van der Waals surface area contributed by atoms with Crippen LogP contribution in [0.1, 0.15) is 128 Å². The lowest BCUT2D eigenvalue weighted by molar-refractivity contribution is 0.487. The van der Waals surface area contributed by atoms with E-state index < -0.39 is 0 Å². The summed E-state index contributed by atoms with van der Waals surface area (Å²) in [6.45, 7) is 0. The predicted octanol–water partition coefficient (Wildman–Crippen LogP) is 12.1. The molecule has 0 amide bonds. The third-order valence-electron chi connectivity index (χ3n) is 9.98. The van der Waals surface area contributed by atoms with Crippen molar-refractivity contribution in [3.63, 3.8) is 0 Å². The SMILES string of the molecule is Br.Br.c1ccc(P(C2CCCCC2)C2CCCCC2)cc1.c1ccc(P(C2CCCCC2)C2CCCCC2)cc1. The summed E-state index contributed by atoms with van der Waals surface area (Å²) < 4.78 is 0. The second-order valence-electron chi connectivity index (χ2n) is 12.7. The first-order chi connectivity index (χ1) is 18.9. The average Bonchev–Trinajstić information content (AvgIpc) is 3.01. The molecule has 6 rings (SSSR count). The number of benzene rings is 2. The van der Waals surface area contributed by atoms with Gasteiger partial charge in [0.15, 0.2) is 0 Å². The quantitative estimate of drug-likeness (QED) is 0.262. The van der Waals surface area contributed by atoms with E-state index in [-0.39, 0.29) is 49.8 Å². The van der Waals surface area contributed by atoms with E-state index in [0.717, 1.165) is 22.6 Å². The van der Waals surface area contributed by atoms with Gasteiger partial charge in [-0.2, -0.15) is 0 Å². The highest BCUT2D eigenvalue weighted by molar-refractivity contribution is 8.93. The summed E-state index contributed by atoms with van der Waals surface area (Å²) in [5.74, 6) is 0. The standard InChI is InChI=1S/2C18H27P.2BrH/c2*1-4-10-16(11-5-1)19(17-12-6-2-7-13-17)18-14-8-3-9-15-18;;/h2*1,4-5,10-11,17-18H,2-3,6-9,12-15H2;2*1H. The van der Waals surface area contributed by atoms with Gasteiger partial charge in [-0.3, -0.25) is 0 Å². The Labute approximate surface area is 270 Å². The molecule has 0 atom stereocenters. The van der Waals surface area contributed by atoms with Crippen LogP contribution in [0, 0.1) is 0 Å². The molecule has 2 aromatic carbocycles. The molecule has 40 heavy (non-hydrogen) atoms. The van der Waals surface area contributed by atoms with E-state index in [1.165, 1.54) is 128 Å². The zero-order valence-electron chi connectivity index (χ0n) is 24.9. The lowest BCUT2D eigenvalue weighted by atomic mass is 9.99. The van der Waals surface area contributed by atoms with Gasteiger partial charge in [0.05, 0.1) is 0 Å². The highest BCUT2D eigenvalue weighted by Gasteiger charge is 2.33. The Hall–Kier alpha value is 0.260. The number of halogens is 2. The normalized spacial score (nSPS) is 21.6. The zero-order valence-corrected chi connectivity index (χ0v) is 30.2. The van der Waals surface area contributed by atoms with Gasteiger partial charge in [-0.25, -0.2) is 0 Å². The van der Waals surface area contributed by atoms with Gasteiger partial charge in [0.1, 0.15) is 0 Å². The average molecular weight is 711 g/mol. The molecule has 0 nitrogen and oxygen atoms in total. The van der Waals surface area contributed by atoms with Crippen LogP contribution >= 0.6 is 49.8 Å². The Morgan fingerprint density at radius 3 is 0.775 bits per heavy atom. The first kappa shape index (κ1) is 34.7. The van der Waals surface area contributed by atoms with Gasteiger partial charge in [-0.1, -0.05) is 154 Å². The van der Waals surface area contributed by atoms with Crippen LogP contribution in [0.4, 0.5) is 0 Å². The molecule has 4 aliphatic rings. The lowest BCUT2D eigenvalue weighted by Gasteiger charge is -2.38. The van der Waals surface area contributed by atoms with E-state index in [0.29, 0.717) is 0 Å². The summed E-state index contributed by atoms with van der Waals surface area (Å²) in [5.41, 5.74) is 4.15. The molecule has 0 spiro atoms. The fraction of sp³-hybridized carbons (Fsp3) is 0.667. The molecule has 0 radical (unpaired) electrons. The van der Waals surface area contributed by atoms with Crippen LogP contribution < -0.4 is 10.6 Å². The van der Waals surface area contributed by atoms with E-state index in [2.05, 4.69) is 60.7 Å². The summed E-state index contributed by atoms with van der Waals surface area (Å²) in [7, 11) is 0.216. The minimum atomic E-state index is 0. The molecule has 2 aromatic rings. The third kappa shape index (κ3) is 10.2. The lowest BCUT2D eigenvalue weighted by Crippen LogP contribution is -2.26. The number of rotatable bonds is 6. The summed E-state index contributed by atoms with van der Waals surface area (Å²) in [6, 6.07) is 23.1. The van der Waals surface area contributed by atoms with Crippen molar-refractivity contribution in [2.75, 3.05) is 0 Å². The zero-order chi connectivity index (χ0) is 25.8. The number of hydrogen-bond donors (Lipinski definition) is 0. The molecule has 4 aliphatic carbocycles. The van der Waals surface area contributed by atoms with Gasteiger partial charge < -0.3 is 0 Å². The van der Waals surface area contributed by atoms with Crippen molar-refractivity contribution in [1.82, 2.24) is 0 Å². The molecule has 4 heteroatoms. The first-order valence-electron chi connectivity index (χ1n) is 16.6. The monoisotopic (exact) mass is 708 g/mol. The predicted molar refractivity (Wildman–Crippen MR) is 194 cm³/mol. The fourth-order valence-corrected chi connectivity index (χ4v) is 15.7. The van der Waals surface area contributed by atoms with Crippen LogP contribution in [-0.2, 0) is 0 Å². The van der Waals surface area contributed by atoms with Crippen molar-refractivity contribution in [1.29, 1.82) is 0 Å². The van der Waals surface area contributed by atoms with Crippen LogP contribution in [0.2, 0.25) is 0 Å². The van der Waals surface area contributed by atoms with Crippen molar-refractivity contribution in [2.45, 2.75) is 151 Å². The summed E-state index contributed by atoms with van der Waals surface area (Å²) in [5, 5.41) is 3.41. The molecule has 4 fully saturated rings. The highest BCUT2D eigenvalue weighted by atomic mass is 79.9. The van der Waals surface area contributed by atoms with Gasteiger partial charge in [0.25, 0.3) is 0 Å². The summed E-state index contributed by atoms with van der Waals surface area (Å²) >= 11 is 0. The smallest absolute Gasteiger partial charge is 0.0166 e. The molecule has 4 saturated carbocycles. The second kappa shape index (κ2) is 19.5. The Morgan fingerprint density at radius 2 is 0.550 bits per heavy atom. The van der Waals surface area contributed by atoms with Crippen LogP contribution in [0.5, 0.6) is 0 Å². The molecule has 0 aliphatic heterocycles. The largest absolute Gasteiger partial charge is 0.114 e. The van der Waals surface area contributed by atoms with Crippen molar-refractivity contribution < 1.29 is 0 Å². The van der Waals surface area contributed by atoms with Crippen LogP contribution in [0.15, 0.2) is 60.7 Å². The summed E-state index contributed by atoms with van der Waals surface area (Å²) in [6.07, 6.45) is 29.9. The van der Waals surface area contributed by atoms with Crippen molar-refractivity contribution >= 4 is 60.4 Å². The van der Waals surface area contributed by atoms with Crippen LogP contribution in [0.25, 0.3) is 0 Å². The second-order valence-corrected chi connectivity index (χ2v) is 18.2. The van der Waals surface area contributed by atoms with E-state index in [1.54, 1.807) is 10.6 Å². The maximum atomic E-state index is 2.43. The molecule has 0 unspecified atom stereocenters. The topological polar surface area (TPSA) is 0 Å². The van der Waals surface area contributed by atoms with E-state index in [4.69, 9.17) is 0 Å². The Kier molecular flexibility index (Phi) is 17.0. The molecule has 0 N–H and O–H groups in total. The fourth-order valence-electron chi connectivity index (χ4n) is 8.08. The van der Waals surface area contributed by atoms with Gasteiger partial charge in [0.2, 0.25) is 0 Å². The highest BCUT2D eigenvalue weighted by Crippen LogP contribution is 2.55. The van der Waals surface area contributed by atoms with Gasteiger partial charge in [0, 0.05) is 0 Å². The molecule has 0 bridgehead atoms. The minimum Gasteiger partial charge on any atom is -0.114 e. The molecular formula is C36H56Br2P2. The number of hydrogen-bond acceptors (Lipinski definition) is 0. The van der Waals surface area contributed by atoms with Gasteiger partial charge in [-0.05, 0) is 84.6 Å². The Morgan fingerprint density at radius 1 is 0.325 bits per heavy atom. The molecule has 0 heterocycles. The van der Waals surface area contributed by atoms with Crippen molar-refractivity contribution in [3.8, 4) is 0 Å². The Bertz CT molecular complexity index is 772. The van der Waals surface area contributed by atoms with Crippen molar-refractivity contribution in [2.24, 2.45) is 0 Å². The minimum absolute atomic E-state index is 0.